The molecule has 0 aliphatic carbocycles. The van der Waals surface area contributed by atoms with E-state index in [4.69, 9.17) is 23.2 Å². The van der Waals surface area contributed by atoms with E-state index in [0.717, 1.165) is 46.4 Å². The fourth-order valence-corrected chi connectivity index (χ4v) is 3.17. The fourth-order valence-electron chi connectivity index (χ4n) is 2.53. The van der Waals surface area contributed by atoms with Crippen LogP contribution >= 0.6 is 23.2 Å². The monoisotopic (exact) mass is 325 g/mol. The van der Waals surface area contributed by atoms with E-state index >= 15 is 0 Å². The minimum absolute atomic E-state index is 0.126. The van der Waals surface area contributed by atoms with Crippen LogP contribution in [0.3, 0.4) is 0 Å². The molecular formula is C16H21Cl2N3. The van der Waals surface area contributed by atoms with E-state index in [1.54, 1.807) is 0 Å². The summed E-state index contributed by atoms with van der Waals surface area (Å²) in [5.41, 5.74) is 3.08. The molecule has 1 unspecified atom stereocenters. The lowest BCUT2D eigenvalue weighted by atomic mass is 10.0. The van der Waals surface area contributed by atoms with Gasteiger partial charge >= 0.3 is 0 Å². The van der Waals surface area contributed by atoms with Crippen LogP contribution in [0, 0.1) is 0 Å². The molecule has 1 atom stereocenters. The number of likely N-dealkylation sites (N-methyl/N-ethyl adjacent to an activating group) is 1. The molecule has 0 saturated carbocycles. The van der Waals surface area contributed by atoms with Crippen molar-refractivity contribution in [2.75, 3.05) is 6.54 Å². The Morgan fingerprint density at radius 2 is 1.95 bits per heavy atom. The van der Waals surface area contributed by atoms with Gasteiger partial charge in [0.2, 0.25) is 0 Å². The van der Waals surface area contributed by atoms with Gasteiger partial charge in [0.15, 0.2) is 0 Å². The molecule has 114 valence electrons. The van der Waals surface area contributed by atoms with Crippen molar-refractivity contribution in [3.63, 3.8) is 0 Å². The Hall–Kier alpha value is -1.03. The number of rotatable bonds is 6. The maximum absolute atomic E-state index is 6.46. The molecule has 1 aromatic heterocycles. The number of aromatic nitrogens is 2. The van der Waals surface area contributed by atoms with Crippen molar-refractivity contribution in [3.8, 4) is 0 Å². The van der Waals surface area contributed by atoms with Crippen LogP contribution in [0.2, 0.25) is 10.0 Å². The molecule has 1 heterocycles. The zero-order chi connectivity index (χ0) is 15.4. The smallest absolute Gasteiger partial charge is 0.0850 e. The molecular weight excluding hydrogens is 305 g/mol. The van der Waals surface area contributed by atoms with E-state index in [1.807, 2.05) is 29.9 Å². The normalized spacial score (nSPS) is 12.6. The number of benzene rings is 1. The van der Waals surface area contributed by atoms with Crippen molar-refractivity contribution < 1.29 is 0 Å². The first-order valence-corrected chi connectivity index (χ1v) is 8.02. The van der Waals surface area contributed by atoms with Crippen molar-refractivity contribution in [1.29, 1.82) is 0 Å². The molecule has 3 nitrogen and oxygen atoms in total. The van der Waals surface area contributed by atoms with E-state index in [0.29, 0.717) is 0 Å². The molecule has 0 aliphatic rings. The van der Waals surface area contributed by atoms with Crippen LogP contribution in [0.25, 0.3) is 0 Å². The third-order valence-electron chi connectivity index (χ3n) is 3.63. The van der Waals surface area contributed by atoms with Gasteiger partial charge in [0.1, 0.15) is 0 Å². The molecule has 1 aromatic carbocycles. The number of nitrogens with zero attached hydrogens (tertiary/aromatic N) is 2. The van der Waals surface area contributed by atoms with Crippen LogP contribution in [0.15, 0.2) is 24.3 Å². The Balaban J connectivity index is 2.33. The molecule has 0 spiro atoms. The predicted molar refractivity (Wildman–Crippen MR) is 89.2 cm³/mol. The number of nitrogens with one attached hydrogen (secondary N) is 1. The fraction of sp³-hybridized carbons (Fsp3) is 0.438. The summed E-state index contributed by atoms with van der Waals surface area (Å²) >= 11 is 12.8. The Morgan fingerprint density at radius 3 is 2.52 bits per heavy atom. The van der Waals surface area contributed by atoms with Gasteiger partial charge in [0, 0.05) is 24.5 Å². The van der Waals surface area contributed by atoms with Gasteiger partial charge in [0.05, 0.1) is 16.4 Å². The molecule has 0 radical (unpaired) electrons. The SMILES string of the molecule is CCNC(Cc1c(Cl)c(CC)nn1C)c1ccccc1Cl. The van der Waals surface area contributed by atoms with Crippen LogP contribution in [0.1, 0.15) is 36.8 Å². The van der Waals surface area contributed by atoms with Crippen LogP contribution in [0.5, 0.6) is 0 Å². The van der Waals surface area contributed by atoms with Crippen LogP contribution in [-0.4, -0.2) is 16.3 Å². The largest absolute Gasteiger partial charge is 0.310 e. The van der Waals surface area contributed by atoms with Crippen molar-refractivity contribution in [2.24, 2.45) is 7.05 Å². The highest BCUT2D eigenvalue weighted by atomic mass is 35.5. The molecule has 0 aliphatic heterocycles. The van der Waals surface area contributed by atoms with Gasteiger partial charge in [-0.15, -0.1) is 0 Å². The second-order valence-corrected chi connectivity index (χ2v) is 5.81. The highest BCUT2D eigenvalue weighted by Gasteiger charge is 2.20. The van der Waals surface area contributed by atoms with Crippen molar-refractivity contribution in [2.45, 2.75) is 32.7 Å². The summed E-state index contributed by atoms with van der Waals surface area (Å²) in [7, 11) is 1.94. The number of halogens is 2. The lowest BCUT2D eigenvalue weighted by Crippen LogP contribution is -2.24. The van der Waals surface area contributed by atoms with Crippen molar-refractivity contribution in [1.82, 2.24) is 15.1 Å². The third-order valence-corrected chi connectivity index (χ3v) is 4.41. The highest BCUT2D eigenvalue weighted by molar-refractivity contribution is 6.32. The van der Waals surface area contributed by atoms with E-state index < -0.39 is 0 Å². The zero-order valence-corrected chi connectivity index (χ0v) is 14.2. The summed E-state index contributed by atoms with van der Waals surface area (Å²) in [6, 6.07) is 8.06. The molecule has 1 N–H and O–H groups in total. The summed E-state index contributed by atoms with van der Waals surface area (Å²) in [6.45, 7) is 5.02. The van der Waals surface area contributed by atoms with Gasteiger partial charge in [-0.25, -0.2) is 0 Å². The summed E-state index contributed by atoms with van der Waals surface area (Å²) in [5, 5.41) is 9.52. The Morgan fingerprint density at radius 1 is 1.24 bits per heavy atom. The van der Waals surface area contributed by atoms with Gasteiger partial charge in [0.25, 0.3) is 0 Å². The summed E-state index contributed by atoms with van der Waals surface area (Å²) in [6.07, 6.45) is 1.60. The standard InChI is InChI=1S/C16H21Cl2N3/c1-4-13-16(18)15(21(3)20-13)10-14(19-5-2)11-8-6-7-9-12(11)17/h6-9,14,19H,4-5,10H2,1-3H3. The van der Waals surface area contributed by atoms with Crippen LogP contribution < -0.4 is 5.32 Å². The maximum Gasteiger partial charge on any atom is 0.0850 e. The maximum atomic E-state index is 6.46. The Labute approximate surface area is 136 Å². The number of hydrogen-bond acceptors (Lipinski definition) is 2. The zero-order valence-electron chi connectivity index (χ0n) is 12.7. The summed E-state index contributed by atoms with van der Waals surface area (Å²) in [5.74, 6) is 0. The molecule has 0 fully saturated rings. The number of aryl methyl sites for hydroxylation is 2. The third kappa shape index (κ3) is 3.60. The lowest BCUT2D eigenvalue weighted by molar-refractivity contribution is 0.529. The summed E-state index contributed by atoms with van der Waals surface area (Å²) < 4.78 is 1.88. The highest BCUT2D eigenvalue weighted by Crippen LogP contribution is 2.29. The van der Waals surface area contributed by atoms with Gasteiger partial charge < -0.3 is 5.32 Å². The minimum Gasteiger partial charge on any atom is -0.310 e. The van der Waals surface area contributed by atoms with Gasteiger partial charge in [-0.3, -0.25) is 4.68 Å². The lowest BCUT2D eigenvalue weighted by Gasteiger charge is -2.20. The Bertz CT molecular complexity index is 608. The second kappa shape index (κ2) is 7.30. The second-order valence-electron chi connectivity index (χ2n) is 5.02. The molecule has 2 aromatic rings. The molecule has 2 rings (SSSR count). The predicted octanol–water partition coefficient (Wildman–Crippen LogP) is 4.18. The molecule has 0 saturated heterocycles. The van der Waals surface area contributed by atoms with E-state index in [1.165, 1.54) is 0 Å². The summed E-state index contributed by atoms with van der Waals surface area (Å²) in [4.78, 5) is 0. The van der Waals surface area contributed by atoms with E-state index in [2.05, 4.69) is 30.3 Å². The molecule has 21 heavy (non-hydrogen) atoms. The van der Waals surface area contributed by atoms with Gasteiger partial charge in [-0.05, 0) is 24.6 Å². The van der Waals surface area contributed by atoms with Gasteiger partial charge in [-0.1, -0.05) is 55.2 Å². The van der Waals surface area contributed by atoms with Crippen LogP contribution in [-0.2, 0) is 19.9 Å². The Kier molecular flexibility index (Phi) is 5.68. The average molecular weight is 326 g/mol. The van der Waals surface area contributed by atoms with E-state index in [9.17, 15) is 0 Å². The quantitative estimate of drug-likeness (QED) is 0.863. The first kappa shape index (κ1) is 16.3. The van der Waals surface area contributed by atoms with Gasteiger partial charge in [-0.2, -0.15) is 5.10 Å². The van der Waals surface area contributed by atoms with Crippen LogP contribution in [0.4, 0.5) is 0 Å². The molecule has 0 amide bonds. The first-order chi connectivity index (χ1) is 10.1. The first-order valence-electron chi connectivity index (χ1n) is 7.26. The molecule has 0 bridgehead atoms. The van der Waals surface area contributed by atoms with E-state index in [-0.39, 0.29) is 6.04 Å². The number of hydrogen-bond donors (Lipinski definition) is 1. The topological polar surface area (TPSA) is 29.9 Å². The minimum atomic E-state index is 0.126. The average Bonchev–Trinajstić information content (AvgIpc) is 2.74. The van der Waals surface area contributed by atoms with Crippen molar-refractivity contribution >= 4 is 23.2 Å². The molecule has 5 heteroatoms. The van der Waals surface area contributed by atoms with Crippen molar-refractivity contribution in [3.05, 3.63) is 51.3 Å².